The highest BCUT2D eigenvalue weighted by Gasteiger charge is 2.30. The standard InChI is InChI=1S/C17H28N2/c1-13(2)10-17-11-18-14(3)12-19(17)15(4)16-8-6-5-7-9-16/h5-9,13-15,17-18H,10-12H2,1-4H3. The number of nitrogens with zero attached hydrogens (tertiary/aromatic N) is 1. The van der Waals surface area contributed by atoms with Gasteiger partial charge in [-0.25, -0.2) is 0 Å². The van der Waals surface area contributed by atoms with Crippen LogP contribution in [-0.4, -0.2) is 30.1 Å². The molecule has 1 heterocycles. The fourth-order valence-corrected chi connectivity index (χ4v) is 3.14. The van der Waals surface area contributed by atoms with E-state index >= 15 is 0 Å². The molecule has 0 radical (unpaired) electrons. The van der Waals surface area contributed by atoms with Gasteiger partial charge in [-0.2, -0.15) is 0 Å². The molecule has 3 atom stereocenters. The zero-order chi connectivity index (χ0) is 13.8. The van der Waals surface area contributed by atoms with E-state index in [9.17, 15) is 0 Å². The Morgan fingerprint density at radius 1 is 1.21 bits per heavy atom. The fraction of sp³-hybridized carbons (Fsp3) is 0.647. The van der Waals surface area contributed by atoms with Crippen molar-refractivity contribution < 1.29 is 0 Å². The minimum Gasteiger partial charge on any atom is -0.311 e. The number of hydrogen-bond acceptors (Lipinski definition) is 2. The van der Waals surface area contributed by atoms with Crippen LogP contribution in [0.2, 0.25) is 0 Å². The van der Waals surface area contributed by atoms with Crippen molar-refractivity contribution in [1.29, 1.82) is 0 Å². The van der Waals surface area contributed by atoms with Gasteiger partial charge in [0.25, 0.3) is 0 Å². The summed E-state index contributed by atoms with van der Waals surface area (Å²) < 4.78 is 0. The lowest BCUT2D eigenvalue weighted by atomic mass is 9.95. The first-order chi connectivity index (χ1) is 9.08. The van der Waals surface area contributed by atoms with Crippen molar-refractivity contribution >= 4 is 0 Å². The smallest absolute Gasteiger partial charge is 0.0324 e. The van der Waals surface area contributed by atoms with Gasteiger partial charge in [0.1, 0.15) is 0 Å². The van der Waals surface area contributed by atoms with E-state index in [1.807, 2.05) is 0 Å². The van der Waals surface area contributed by atoms with Crippen molar-refractivity contribution in [2.45, 2.75) is 52.2 Å². The quantitative estimate of drug-likeness (QED) is 0.892. The van der Waals surface area contributed by atoms with Gasteiger partial charge < -0.3 is 5.32 Å². The maximum atomic E-state index is 3.63. The van der Waals surface area contributed by atoms with Gasteiger partial charge in [-0.05, 0) is 31.7 Å². The highest BCUT2D eigenvalue weighted by atomic mass is 15.2. The van der Waals surface area contributed by atoms with E-state index in [1.54, 1.807) is 0 Å². The molecule has 0 saturated carbocycles. The summed E-state index contributed by atoms with van der Waals surface area (Å²) in [5.74, 6) is 0.755. The normalized spacial score (nSPS) is 26.6. The molecule has 2 rings (SSSR count). The zero-order valence-corrected chi connectivity index (χ0v) is 12.8. The van der Waals surface area contributed by atoms with Gasteiger partial charge >= 0.3 is 0 Å². The summed E-state index contributed by atoms with van der Waals surface area (Å²) in [7, 11) is 0. The van der Waals surface area contributed by atoms with E-state index < -0.39 is 0 Å². The van der Waals surface area contributed by atoms with Crippen LogP contribution in [0.15, 0.2) is 30.3 Å². The van der Waals surface area contributed by atoms with Gasteiger partial charge in [0.05, 0.1) is 0 Å². The molecule has 1 saturated heterocycles. The monoisotopic (exact) mass is 260 g/mol. The molecular weight excluding hydrogens is 232 g/mol. The van der Waals surface area contributed by atoms with Crippen LogP contribution < -0.4 is 5.32 Å². The molecule has 0 spiro atoms. The van der Waals surface area contributed by atoms with E-state index in [2.05, 4.69) is 68.2 Å². The van der Waals surface area contributed by atoms with Crippen LogP contribution in [0.5, 0.6) is 0 Å². The van der Waals surface area contributed by atoms with E-state index in [0.717, 1.165) is 19.0 Å². The van der Waals surface area contributed by atoms with Gasteiger partial charge in [-0.15, -0.1) is 0 Å². The molecule has 1 aliphatic rings. The number of benzene rings is 1. The lowest BCUT2D eigenvalue weighted by molar-refractivity contribution is 0.0799. The second kappa shape index (κ2) is 6.53. The van der Waals surface area contributed by atoms with Crippen LogP contribution in [0.4, 0.5) is 0 Å². The molecule has 106 valence electrons. The lowest BCUT2D eigenvalue weighted by Crippen LogP contribution is -2.56. The molecule has 19 heavy (non-hydrogen) atoms. The molecule has 0 bridgehead atoms. The average molecular weight is 260 g/mol. The van der Waals surface area contributed by atoms with Gasteiger partial charge in [0, 0.05) is 31.2 Å². The molecule has 2 heteroatoms. The van der Waals surface area contributed by atoms with Crippen molar-refractivity contribution in [2.24, 2.45) is 5.92 Å². The van der Waals surface area contributed by atoms with Crippen LogP contribution in [0.1, 0.15) is 45.7 Å². The third kappa shape index (κ3) is 3.80. The molecule has 0 aromatic heterocycles. The van der Waals surface area contributed by atoms with Crippen molar-refractivity contribution in [1.82, 2.24) is 10.2 Å². The lowest BCUT2D eigenvalue weighted by Gasteiger charge is -2.43. The first kappa shape index (κ1) is 14.5. The molecule has 1 aromatic carbocycles. The molecule has 3 unspecified atom stereocenters. The molecule has 2 nitrogen and oxygen atoms in total. The number of piperazine rings is 1. The second-order valence-electron chi connectivity index (χ2n) is 6.38. The molecule has 1 aromatic rings. The van der Waals surface area contributed by atoms with Crippen LogP contribution in [0, 0.1) is 5.92 Å². The summed E-state index contributed by atoms with van der Waals surface area (Å²) in [5, 5.41) is 3.63. The zero-order valence-electron chi connectivity index (χ0n) is 12.8. The van der Waals surface area contributed by atoms with Gasteiger partial charge in [0.15, 0.2) is 0 Å². The molecule has 1 N–H and O–H groups in total. The third-order valence-electron chi connectivity index (χ3n) is 4.18. The first-order valence-corrected chi connectivity index (χ1v) is 7.62. The highest BCUT2D eigenvalue weighted by Crippen LogP contribution is 2.27. The van der Waals surface area contributed by atoms with E-state index in [-0.39, 0.29) is 0 Å². The van der Waals surface area contributed by atoms with Gasteiger partial charge in [-0.3, -0.25) is 4.90 Å². The first-order valence-electron chi connectivity index (χ1n) is 7.62. The van der Waals surface area contributed by atoms with Crippen molar-refractivity contribution in [3.63, 3.8) is 0 Å². The molecule has 1 fully saturated rings. The SMILES string of the molecule is CC(C)CC1CNC(C)CN1C(C)c1ccccc1. The fourth-order valence-electron chi connectivity index (χ4n) is 3.14. The predicted molar refractivity (Wildman–Crippen MR) is 82.3 cm³/mol. The Balaban J connectivity index is 2.12. The molecule has 1 aliphatic heterocycles. The van der Waals surface area contributed by atoms with Gasteiger partial charge in [-0.1, -0.05) is 44.2 Å². The molecular formula is C17H28N2. The Bertz CT molecular complexity index is 374. The topological polar surface area (TPSA) is 15.3 Å². The third-order valence-corrected chi connectivity index (χ3v) is 4.18. The predicted octanol–water partition coefficient (Wildman–Crippen LogP) is 3.46. The highest BCUT2D eigenvalue weighted by molar-refractivity contribution is 5.19. The summed E-state index contributed by atoms with van der Waals surface area (Å²) in [4.78, 5) is 2.69. The van der Waals surface area contributed by atoms with Crippen molar-refractivity contribution in [3.8, 4) is 0 Å². The average Bonchev–Trinajstić information content (AvgIpc) is 2.40. The summed E-state index contributed by atoms with van der Waals surface area (Å²) in [6.45, 7) is 11.5. The van der Waals surface area contributed by atoms with Crippen LogP contribution >= 0.6 is 0 Å². The van der Waals surface area contributed by atoms with Crippen LogP contribution in [-0.2, 0) is 0 Å². The minimum absolute atomic E-state index is 0.509. The molecule has 0 amide bonds. The minimum atomic E-state index is 0.509. The number of nitrogens with one attached hydrogen (secondary N) is 1. The van der Waals surface area contributed by atoms with Crippen LogP contribution in [0.25, 0.3) is 0 Å². The summed E-state index contributed by atoms with van der Waals surface area (Å²) in [6.07, 6.45) is 1.27. The summed E-state index contributed by atoms with van der Waals surface area (Å²) in [5.41, 5.74) is 1.44. The second-order valence-corrected chi connectivity index (χ2v) is 6.38. The Morgan fingerprint density at radius 2 is 1.89 bits per heavy atom. The maximum absolute atomic E-state index is 3.63. The number of hydrogen-bond donors (Lipinski definition) is 1. The summed E-state index contributed by atoms with van der Waals surface area (Å²) in [6, 6.07) is 12.7. The van der Waals surface area contributed by atoms with Crippen molar-refractivity contribution in [2.75, 3.05) is 13.1 Å². The Hall–Kier alpha value is -0.860. The Kier molecular flexibility index (Phi) is 5.00. The van der Waals surface area contributed by atoms with E-state index in [4.69, 9.17) is 0 Å². The Morgan fingerprint density at radius 3 is 2.53 bits per heavy atom. The van der Waals surface area contributed by atoms with Gasteiger partial charge in [0.2, 0.25) is 0 Å². The molecule has 0 aliphatic carbocycles. The maximum Gasteiger partial charge on any atom is 0.0324 e. The van der Waals surface area contributed by atoms with E-state index in [0.29, 0.717) is 18.1 Å². The largest absolute Gasteiger partial charge is 0.311 e. The van der Waals surface area contributed by atoms with Crippen LogP contribution in [0.3, 0.4) is 0 Å². The summed E-state index contributed by atoms with van der Waals surface area (Å²) >= 11 is 0. The number of rotatable bonds is 4. The Labute approximate surface area is 118 Å². The van der Waals surface area contributed by atoms with E-state index in [1.165, 1.54) is 12.0 Å². The van der Waals surface area contributed by atoms with Crippen molar-refractivity contribution in [3.05, 3.63) is 35.9 Å².